The van der Waals surface area contributed by atoms with E-state index in [0.717, 1.165) is 5.56 Å². The van der Waals surface area contributed by atoms with Crippen molar-refractivity contribution in [3.8, 4) is 11.5 Å². The van der Waals surface area contributed by atoms with Crippen molar-refractivity contribution in [1.29, 1.82) is 0 Å². The minimum absolute atomic E-state index is 0.237. The van der Waals surface area contributed by atoms with Crippen LogP contribution in [0.5, 0.6) is 11.5 Å². The van der Waals surface area contributed by atoms with Gasteiger partial charge < -0.3 is 9.47 Å². The van der Waals surface area contributed by atoms with Crippen LogP contribution in [0.3, 0.4) is 0 Å². The fourth-order valence-corrected chi connectivity index (χ4v) is 2.98. The van der Waals surface area contributed by atoms with E-state index in [4.69, 9.17) is 32.7 Å². The number of anilines is 1. The summed E-state index contributed by atoms with van der Waals surface area (Å²) in [6.45, 7) is 4.23. The molecular weight excluding hydrogens is 387 g/mol. The fourth-order valence-electron chi connectivity index (χ4n) is 2.69. The number of ether oxygens (including phenoxy) is 2. The van der Waals surface area contributed by atoms with E-state index in [1.807, 2.05) is 25.1 Å². The third-order valence-electron chi connectivity index (χ3n) is 4.01. The molecule has 0 aliphatic carbocycles. The van der Waals surface area contributed by atoms with Gasteiger partial charge in [-0.25, -0.2) is 0 Å². The van der Waals surface area contributed by atoms with E-state index in [0.29, 0.717) is 45.1 Å². The van der Waals surface area contributed by atoms with Gasteiger partial charge in [-0.15, -0.1) is 0 Å². The quantitative estimate of drug-likeness (QED) is 0.642. The highest BCUT2D eigenvalue weighted by Gasteiger charge is 2.29. The number of hydrogen-bond acceptors (Lipinski definition) is 4. The maximum absolute atomic E-state index is 12.9. The summed E-state index contributed by atoms with van der Waals surface area (Å²) >= 11 is 12.0. The van der Waals surface area contributed by atoms with E-state index < -0.39 is 0 Å². The number of carbonyl (C=O) groups excluding carboxylic acids is 1. The summed E-state index contributed by atoms with van der Waals surface area (Å²) < 4.78 is 10.9. The van der Waals surface area contributed by atoms with Crippen molar-refractivity contribution in [2.75, 3.05) is 18.7 Å². The first-order valence-electron chi connectivity index (χ1n) is 8.32. The Labute approximate surface area is 167 Å². The number of hydrazone groups is 1. The number of carbonyl (C=O) groups is 1. The van der Waals surface area contributed by atoms with E-state index in [9.17, 15) is 4.79 Å². The van der Waals surface area contributed by atoms with Crippen LogP contribution in [-0.2, 0) is 4.79 Å². The molecule has 5 nitrogen and oxygen atoms in total. The van der Waals surface area contributed by atoms with Crippen molar-refractivity contribution in [2.24, 2.45) is 5.10 Å². The third kappa shape index (κ3) is 3.94. The van der Waals surface area contributed by atoms with Crippen LogP contribution in [0, 0.1) is 0 Å². The SMILES string of the molecule is CCOc1ccc(/C=C2/C(=O)N(c3ccc(Cl)c(Cl)c3)N=C2C)cc1OC. The Morgan fingerprint density at radius 3 is 2.56 bits per heavy atom. The normalized spacial score (nSPS) is 15.3. The zero-order valence-electron chi connectivity index (χ0n) is 15.1. The van der Waals surface area contributed by atoms with Crippen LogP contribution < -0.4 is 14.5 Å². The molecule has 2 aromatic rings. The predicted molar refractivity (Wildman–Crippen MR) is 109 cm³/mol. The van der Waals surface area contributed by atoms with E-state index >= 15 is 0 Å². The monoisotopic (exact) mass is 404 g/mol. The summed E-state index contributed by atoms with van der Waals surface area (Å²) in [7, 11) is 1.58. The highest BCUT2D eigenvalue weighted by Crippen LogP contribution is 2.32. The van der Waals surface area contributed by atoms with Crippen molar-refractivity contribution in [1.82, 2.24) is 0 Å². The minimum atomic E-state index is -0.237. The maximum atomic E-state index is 12.9. The Hall–Kier alpha value is -2.50. The molecule has 3 rings (SSSR count). The molecule has 140 valence electrons. The smallest absolute Gasteiger partial charge is 0.280 e. The first-order valence-corrected chi connectivity index (χ1v) is 9.07. The van der Waals surface area contributed by atoms with Crippen LogP contribution in [0.25, 0.3) is 6.08 Å². The maximum Gasteiger partial charge on any atom is 0.280 e. The van der Waals surface area contributed by atoms with Gasteiger partial charge in [0.15, 0.2) is 11.5 Å². The molecule has 1 amide bonds. The topological polar surface area (TPSA) is 51.1 Å². The van der Waals surface area contributed by atoms with Crippen LogP contribution in [0.4, 0.5) is 5.69 Å². The second-order valence-corrected chi connectivity index (χ2v) is 6.62. The molecule has 0 bridgehead atoms. The summed E-state index contributed by atoms with van der Waals surface area (Å²) in [6, 6.07) is 10.4. The zero-order valence-corrected chi connectivity index (χ0v) is 16.6. The van der Waals surface area contributed by atoms with Gasteiger partial charge in [-0.3, -0.25) is 4.79 Å². The molecule has 2 aromatic carbocycles. The molecule has 1 aliphatic rings. The van der Waals surface area contributed by atoms with Crippen molar-refractivity contribution >= 4 is 46.6 Å². The Kier molecular flexibility index (Phi) is 5.73. The molecule has 0 unspecified atom stereocenters. The second-order valence-electron chi connectivity index (χ2n) is 5.80. The predicted octanol–water partition coefficient (Wildman–Crippen LogP) is 5.21. The van der Waals surface area contributed by atoms with E-state index in [-0.39, 0.29) is 5.91 Å². The molecule has 0 aromatic heterocycles. The van der Waals surface area contributed by atoms with Crippen LogP contribution in [0.2, 0.25) is 10.0 Å². The highest BCUT2D eigenvalue weighted by atomic mass is 35.5. The summed E-state index contributed by atoms with van der Waals surface area (Å²) in [5.74, 6) is 1.02. The van der Waals surface area contributed by atoms with Gasteiger partial charge in [0.1, 0.15) is 0 Å². The number of nitrogens with zero attached hydrogens (tertiary/aromatic N) is 2. The lowest BCUT2D eigenvalue weighted by molar-refractivity contribution is -0.114. The molecular formula is C20H18Cl2N2O3. The highest BCUT2D eigenvalue weighted by molar-refractivity contribution is 6.42. The van der Waals surface area contributed by atoms with Crippen molar-refractivity contribution in [2.45, 2.75) is 13.8 Å². The molecule has 0 saturated carbocycles. The number of benzene rings is 2. The average molecular weight is 405 g/mol. The van der Waals surface area contributed by atoms with E-state index in [1.165, 1.54) is 5.01 Å². The summed E-state index contributed by atoms with van der Waals surface area (Å²) in [5, 5.41) is 6.45. The zero-order chi connectivity index (χ0) is 19.6. The van der Waals surface area contributed by atoms with Crippen LogP contribution >= 0.6 is 23.2 Å². The summed E-state index contributed by atoms with van der Waals surface area (Å²) in [6.07, 6.45) is 1.77. The first-order chi connectivity index (χ1) is 12.9. The lowest BCUT2D eigenvalue weighted by Gasteiger charge is -2.12. The summed E-state index contributed by atoms with van der Waals surface area (Å²) in [5.41, 5.74) is 2.47. The second kappa shape index (κ2) is 8.03. The van der Waals surface area contributed by atoms with Crippen LogP contribution in [-0.4, -0.2) is 25.3 Å². The molecule has 0 fully saturated rings. The van der Waals surface area contributed by atoms with Gasteiger partial charge in [-0.2, -0.15) is 10.1 Å². The molecule has 0 N–H and O–H groups in total. The van der Waals surface area contributed by atoms with Gasteiger partial charge in [0.05, 0.1) is 40.7 Å². The Balaban J connectivity index is 1.92. The summed E-state index contributed by atoms with van der Waals surface area (Å²) in [4.78, 5) is 12.9. The molecule has 1 aliphatic heterocycles. The van der Waals surface area contributed by atoms with Crippen LogP contribution in [0.1, 0.15) is 19.4 Å². The Morgan fingerprint density at radius 1 is 1.11 bits per heavy atom. The molecule has 0 saturated heterocycles. The van der Waals surface area contributed by atoms with E-state index in [2.05, 4.69) is 5.10 Å². The van der Waals surface area contributed by atoms with Crippen LogP contribution in [0.15, 0.2) is 47.1 Å². The van der Waals surface area contributed by atoms with Gasteiger partial charge in [0.2, 0.25) is 0 Å². The lowest BCUT2D eigenvalue weighted by atomic mass is 10.1. The molecule has 7 heteroatoms. The van der Waals surface area contributed by atoms with Gasteiger partial charge in [0, 0.05) is 0 Å². The minimum Gasteiger partial charge on any atom is -0.493 e. The molecule has 27 heavy (non-hydrogen) atoms. The lowest BCUT2D eigenvalue weighted by Crippen LogP contribution is -2.21. The number of amides is 1. The number of hydrogen-bond donors (Lipinski definition) is 0. The van der Waals surface area contributed by atoms with Crippen molar-refractivity contribution in [3.63, 3.8) is 0 Å². The van der Waals surface area contributed by atoms with Gasteiger partial charge in [-0.1, -0.05) is 29.3 Å². The molecule has 0 spiro atoms. The average Bonchev–Trinajstić information content (AvgIpc) is 2.93. The van der Waals surface area contributed by atoms with Gasteiger partial charge in [0.25, 0.3) is 5.91 Å². The molecule has 0 radical (unpaired) electrons. The van der Waals surface area contributed by atoms with Gasteiger partial charge >= 0.3 is 0 Å². The Morgan fingerprint density at radius 2 is 1.89 bits per heavy atom. The van der Waals surface area contributed by atoms with Crippen molar-refractivity contribution < 1.29 is 14.3 Å². The first kappa shape index (κ1) is 19.3. The standard InChI is InChI=1S/C20H18Cl2N2O3/c1-4-27-18-8-5-13(10-19(18)26-3)9-15-12(2)23-24(20(15)25)14-6-7-16(21)17(22)11-14/h5-11H,4H2,1-3H3/b15-9+. The fraction of sp³-hybridized carbons (Fsp3) is 0.200. The molecule has 0 atom stereocenters. The Bertz CT molecular complexity index is 954. The van der Waals surface area contributed by atoms with Crippen molar-refractivity contribution in [3.05, 3.63) is 57.6 Å². The largest absolute Gasteiger partial charge is 0.493 e. The number of rotatable bonds is 5. The third-order valence-corrected chi connectivity index (χ3v) is 4.75. The number of halogens is 2. The van der Waals surface area contributed by atoms with E-state index in [1.54, 1.807) is 38.3 Å². The van der Waals surface area contributed by atoms with Gasteiger partial charge in [-0.05, 0) is 55.8 Å². The number of methoxy groups -OCH3 is 1. The molecule has 1 heterocycles.